The van der Waals surface area contributed by atoms with Crippen LogP contribution >= 0.6 is 11.6 Å². The molecule has 0 amide bonds. The van der Waals surface area contributed by atoms with Gasteiger partial charge >= 0.3 is 0 Å². The van der Waals surface area contributed by atoms with Gasteiger partial charge < -0.3 is 20.4 Å². The maximum Gasteiger partial charge on any atom is 0.191 e. The zero-order chi connectivity index (χ0) is 18.5. The Morgan fingerprint density at radius 3 is 2.50 bits per heavy atom. The van der Waals surface area contributed by atoms with Crippen molar-refractivity contribution < 1.29 is 0 Å². The van der Waals surface area contributed by atoms with E-state index in [-0.39, 0.29) is 0 Å². The van der Waals surface area contributed by atoms with Crippen LogP contribution in [0.2, 0.25) is 5.02 Å². The lowest BCUT2D eigenvalue weighted by Gasteiger charge is -2.36. The maximum absolute atomic E-state index is 6.27. The molecule has 1 aromatic carbocycles. The van der Waals surface area contributed by atoms with Crippen molar-refractivity contribution in [1.29, 1.82) is 0 Å². The van der Waals surface area contributed by atoms with Gasteiger partial charge in [-0.1, -0.05) is 25.4 Å². The minimum atomic E-state index is 0.655. The highest BCUT2D eigenvalue weighted by molar-refractivity contribution is 6.30. The third-order valence-corrected chi connectivity index (χ3v) is 5.55. The summed E-state index contributed by atoms with van der Waals surface area (Å²) in [6.45, 7) is 12.8. The van der Waals surface area contributed by atoms with Crippen LogP contribution in [0.5, 0.6) is 0 Å². The molecule has 1 unspecified atom stereocenters. The molecule has 0 radical (unpaired) electrons. The molecule has 2 aliphatic heterocycles. The highest BCUT2D eigenvalue weighted by Gasteiger charge is 2.23. The number of hydrogen-bond donors (Lipinski definition) is 1. The van der Waals surface area contributed by atoms with E-state index in [1.807, 2.05) is 12.1 Å². The first-order valence-corrected chi connectivity index (χ1v) is 10.2. The van der Waals surface area contributed by atoms with E-state index < -0.39 is 0 Å². The summed E-state index contributed by atoms with van der Waals surface area (Å²) >= 11 is 5.98. The summed E-state index contributed by atoms with van der Waals surface area (Å²) in [5.41, 5.74) is 7.50. The molecule has 2 aliphatic rings. The van der Waals surface area contributed by atoms with Gasteiger partial charge in [0.1, 0.15) is 0 Å². The molecule has 5 nitrogen and oxygen atoms in total. The summed E-state index contributed by atoms with van der Waals surface area (Å²) in [7, 11) is 0. The standard InChI is InChI=1S/C20H32ClN5/c1-16(2)14-24-8-7-17(15-24)13-23-20(22)26-11-9-25(10-12-26)19-5-3-18(21)4-6-19/h3-6,16-17H,7-15H2,1-2H3,(H2,22,23). The van der Waals surface area contributed by atoms with Gasteiger partial charge in [-0.2, -0.15) is 0 Å². The minimum absolute atomic E-state index is 0.655. The summed E-state index contributed by atoms with van der Waals surface area (Å²) in [5.74, 6) is 2.10. The van der Waals surface area contributed by atoms with Crippen molar-refractivity contribution in [3.63, 3.8) is 0 Å². The quantitative estimate of drug-likeness (QED) is 0.633. The second kappa shape index (κ2) is 8.96. The summed E-state index contributed by atoms with van der Waals surface area (Å²) in [5, 5.41) is 0.780. The predicted molar refractivity (Wildman–Crippen MR) is 111 cm³/mol. The van der Waals surface area contributed by atoms with Gasteiger partial charge in [-0.3, -0.25) is 4.99 Å². The predicted octanol–water partition coefficient (Wildman–Crippen LogP) is 2.75. The first-order valence-electron chi connectivity index (χ1n) is 9.79. The van der Waals surface area contributed by atoms with Crippen molar-refractivity contribution in [2.45, 2.75) is 20.3 Å². The third kappa shape index (κ3) is 5.27. The average Bonchev–Trinajstić information content (AvgIpc) is 3.07. The van der Waals surface area contributed by atoms with Crippen LogP contribution in [-0.4, -0.2) is 68.1 Å². The van der Waals surface area contributed by atoms with Crippen molar-refractivity contribution in [2.75, 3.05) is 57.3 Å². The molecule has 1 aromatic rings. The lowest BCUT2D eigenvalue weighted by molar-refractivity contribution is 0.288. The number of halogens is 1. The van der Waals surface area contributed by atoms with Crippen LogP contribution in [0.15, 0.2) is 29.3 Å². The van der Waals surface area contributed by atoms with E-state index in [0.29, 0.717) is 11.9 Å². The van der Waals surface area contributed by atoms with E-state index in [1.54, 1.807) is 0 Å². The number of aliphatic imine (C=N–C) groups is 1. The highest BCUT2D eigenvalue weighted by Crippen LogP contribution is 2.20. The third-order valence-electron chi connectivity index (χ3n) is 5.30. The Morgan fingerprint density at radius 2 is 1.85 bits per heavy atom. The average molecular weight is 378 g/mol. The minimum Gasteiger partial charge on any atom is -0.370 e. The van der Waals surface area contributed by atoms with Gasteiger partial charge in [0.05, 0.1) is 0 Å². The summed E-state index contributed by atoms with van der Waals surface area (Å²) in [4.78, 5) is 11.9. The fourth-order valence-electron chi connectivity index (χ4n) is 3.91. The molecule has 0 aromatic heterocycles. The molecule has 2 fully saturated rings. The highest BCUT2D eigenvalue weighted by atomic mass is 35.5. The molecule has 144 valence electrons. The molecule has 2 heterocycles. The van der Waals surface area contributed by atoms with Gasteiger partial charge in [0.2, 0.25) is 0 Å². The van der Waals surface area contributed by atoms with Crippen LogP contribution in [0.3, 0.4) is 0 Å². The van der Waals surface area contributed by atoms with Crippen LogP contribution in [0.1, 0.15) is 20.3 Å². The number of guanidine groups is 1. The van der Waals surface area contributed by atoms with E-state index >= 15 is 0 Å². The Balaban J connectivity index is 1.44. The number of hydrogen-bond acceptors (Lipinski definition) is 3. The largest absolute Gasteiger partial charge is 0.370 e. The van der Waals surface area contributed by atoms with Crippen LogP contribution < -0.4 is 10.6 Å². The molecule has 0 spiro atoms. The van der Waals surface area contributed by atoms with E-state index in [1.165, 1.54) is 31.7 Å². The Kier molecular flexibility index (Phi) is 6.65. The molecule has 0 bridgehead atoms. The van der Waals surface area contributed by atoms with Gasteiger partial charge in [0.25, 0.3) is 0 Å². The number of anilines is 1. The molecule has 26 heavy (non-hydrogen) atoms. The topological polar surface area (TPSA) is 48.1 Å². The number of likely N-dealkylation sites (tertiary alicyclic amines) is 1. The number of nitrogens with two attached hydrogens (primary N) is 1. The Hall–Kier alpha value is -1.46. The Morgan fingerprint density at radius 1 is 1.15 bits per heavy atom. The van der Waals surface area contributed by atoms with Crippen LogP contribution in [-0.2, 0) is 0 Å². The first-order chi connectivity index (χ1) is 12.5. The van der Waals surface area contributed by atoms with Crippen LogP contribution in [0, 0.1) is 11.8 Å². The first kappa shape index (κ1) is 19.3. The summed E-state index contributed by atoms with van der Waals surface area (Å²) in [6, 6.07) is 8.06. The van der Waals surface area contributed by atoms with E-state index in [9.17, 15) is 0 Å². The van der Waals surface area contributed by atoms with Crippen molar-refractivity contribution in [3.8, 4) is 0 Å². The van der Waals surface area contributed by atoms with Gasteiger partial charge in [-0.25, -0.2) is 0 Å². The van der Waals surface area contributed by atoms with Gasteiger partial charge in [0, 0.05) is 56.5 Å². The summed E-state index contributed by atoms with van der Waals surface area (Å²) < 4.78 is 0. The maximum atomic E-state index is 6.27. The molecule has 0 saturated carbocycles. The SMILES string of the molecule is CC(C)CN1CCC(CN=C(N)N2CCN(c3ccc(Cl)cc3)CC2)C1. The molecular formula is C20H32ClN5. The van der Waals surface area contributed by atoms with Crippen molar-refractivity contribution in [1.82, 2.24) is 9.80 Å². The van der Waals surface area contributed by atoms with Gasteiger partial charge in [0.15, 0.2) is 5.96 Å². The normalized spacial score (nSPS) is 22.5. The van der Waals surface area contributed by atoms with E-state index in [0.717, 1.165) is 43.7 Å². The second-order valence-electron chi connectivity index (χ2n) is 7.96. The lowest BCUT2D eigenvalue weighted by Crippen LogP contribution is -2.51. The Bertz CT molecular complexity index is 593. The van der Waals surface area contributed by atoms with Gasteiger partial charge in [-0.15, -0.1) is 0 Å². The number of benzene rings is 1. The summed E-state index contributed by atoms with van der Waals surface area (Å²) in [6.07, 6.45) is 1.24. The van der Waals surface area contributed by atoms with Crippen LogP contribution in [0.4, 0.5) is 5.69 Å². The molecule has 1 atom stereocenters. The number of nitrogens with zero attached hydrogens (tertiary/aromatic N) is 4. The van der Waals surface area contributed by atoms with Crippen molar-refractivity contribution in [3.05, 3.63) is 29.3 Å². The zero-order valence-corrected chi connectivity index (χ0v) is 16.8. The monoisotopic (exact) mass is 377 g/mol. The lowest BCUT2D eigenvalue weighted by atomic mass is 10.1. The number of rotatable bonds is 5. The molecular weight excluding hydrogens is 346 g/mol. The molecule has 2 N–H and O–H groups in total. The molecule has 0 aliphatic carbocycles. The van der Waals surface area contributed by atoms with Gasteiger partial charge in [-0.05, 0) is 49.1 Å². The smallest absolute Gasteiger partial charge is 0.191 e. The number of piperazine rings is 1. The fraction of sp³-hybridized carbons (Fsp3) is 0.650. The van der Waals surface area contributed by atoms with E-state index in [4.69, 9.17) is 22.3 Å². The zero-order valence-electron chi connectivity index (χ0n) is 16.1. The van der Waals surface area contributed by atoms with E-state index in [2.05, 4.69) is 40.7 Å². The molecule has 6 heteroatoms. The Labute approximate surface area is 162 Å². The second-order valence-corrected chi connectivity index (χ2v) is 8.39. The van der Waals surface area contributed by atoms with Crippen molar-refractivity contribution in [2.24, 2.45) is 22.6 Å². The molecule has 3 rings (SSSR count). The fourth-order valence-corrected chi connectivity index (χ4v) is 4.04. The van der Waals surface area contributed by atoms with Crippen LogP contribution in [0.25, 0.3) is 0 Å². The molecule has 2 saturated heterocycles. The van der Waals surface area contributed by atoms with Crippen molar-refractivity contribution >= 4 is 23.2 Å².